The standard InChI is InChI=1S/C8H16N4O2/c1-3-6-8(13-2)7(11-12-10)5(9)4-14-6/h5-8H,3-4,9H2,1-2H3/t5?,6?,7-,8+/m1/s1. The first-order valence-electron chi connectivity index (χ1n) is 4.68. The van der Waals surface area contributed by atoms with Gasteiger partial charge in [-0.1, -0.05) is 12.0 Å². The normalized spacial score (nSPS) is 37.6. The molecule has 0 amide bonds. The Hall–Kier alpha value is -0.810. The van der Waals surface area contributed by atoms with Gasteiger partial charge in [0, 0.05) is 18.1 Å². The molecule has 0 aromatic heterocycles. The fourth-order valence-electron chi connectivity index (χ4n) is 1.74. The molecule has 6 heteroatoms. The minimum absolute atomic E-state index is 0.0321. The largest absolute Gasteiger partial charge is 0.378 e. The van der Waals surface area contributed by atoms with Gasteiger partial charge < -0.3 is 15.2 Å². The average Bonchev–Trinajstić information content (AvgIpc) is 2.21. The summed E-state index contributed by atoms with van der Waals surface area (Å²) in [4.78, 5) is 2.79. The fourth-order valence-corrected chi connectivity index (χ4v) is 1.74. The lowest BCUT2D eigenvalue weighted by molar-refractivity contribution is -0.108. The quantitative estimate of drug-likeness (QED) is 0.415. The summed E-state index contributed by atoms with van der Waals surface area (Å²) in [7, 11) is 1.58. The molecule has 1 fully saturated rings. The predicted octanol–water partition coefficient (Wildman–Crippen LogP) is 0.816. The van der Waals surface area contributed by atoms with Crippen molar-refractivity contribution in [2.45, 2.75) is 37.6 Å². The van der Waals surface area contributed by atoms with Gasteiger partial charge in [0.25, 0.3) is 0 Å². The van der Waals surface area contributed by atoms with Crippen LogP contribution < -0.4 is 5.73 Å². The fraction of sp³-hybridized carbons (Fsp3) is 1.00. The maximum atomic E-state index is 8.41. The van der Waals surface area contributed by atoms with Crippen LogP contribution in [0.3, 0.4) is 0 Å². The van der Waals surface area contributed by atoms with Crippen molar-refractivity contribution in [3.63, 3.8) is 0 Å². The zero-order valence-electron chi connectivity index (χ0n) is 8.46. The van der Waals surface area contributed by atoms with Crippen LogP contribution in [0.5, 0.6) is 0 Å². The molecule has 1 aliphatic rings. The summed E-state index contributed by atoms with van der Waals surface area (Å²) in [6.07, 6.45) is 0.554. The van der Waals surface area contributed by atoms with Crippen LogP contribution in [0, 0.1) is 0 Å². The summed E-state index contributed by atoms with van der Waals surface area (Å²) >= 11 is 0. The van der Waals surface area contributed by atoms with Crippen molar-refractivity contribution in [3.05, 3.63) is 10.4 Å². The number of hydrogen-bond donors (Lipinski definition) is 1. The highest BCUT2D eigenvalue weighted by Gasteiger charge is 2.37. The number of nitrogens with zero attached hydrogens (tertiary/aromatic N) is 3. The van der Waals surface area contributed by atoms with Gasteiger partial charge in [-0.2, -0.15) is 0 Å². The number of methoxy groups -OCH3 is 1. The van der Waals surface area contributed by atoms with E-state index in [-0.39, 0.29) is 24.3 Å². The van der Waals surface area contributed by atoms with Crippen molar-refractivity contribution in [1.82, 2.24) is 0 Å². The minimum atomic E-state index is -0.330. The second-order valence-corrected chi connectivity index (χ2v) is 3.34. The lowest BCUT2D eigenvalue weighted by atomic mass is 9.95. The zero-order chi connectivity index (χ0) is 10.6. The minimum Gasteiger partial charge on any atom is -0.378 e. The number of rotatable bonds is 3. The van der Waals surface area contributed by atoms with Crippen LogP contribution in [0.1, 0.15) is 13.3 Å². The van der Waals surface area contributed by atoms with Crippen LogP contribution in [0.4, 0.5) is 0 Å². The molecule has 0 aliphatic carbocycles. The van der Waals surface area contributed by atoms with E-state index in [0.717, 1.165) is 6.42 Å². The van der Waals surface area contributed by atoms with Gasteiger partial charge in [0.05, 0.1) is 24.9 Å². The summed E-state index contributed by atoms with van der Waals surface area (Å²) in [5.74, 6) is 0. The molecule has 4 atom stereocenters. The Morgan fingerprint density at radius 1 is 1.71 bits per heavy atom. The lowest BCUT2D eigenvalue weighted by Gasteiger charge is -2.38. The molecular formula is C8H16N4O2. The van der Waals surface area contributed by atoms with Crippen LogP contribution in [0.15, 0.2) is 5.11 Å². The molecule has 6 nitrogen and oxygen atoms in total. The van der Waals surface area contributed by atoms with Crippen LogP contribution in [-0.2, 0) is 9.47 Å². The Morgan fingerprint density at radius 2 is 2.43 bits per heavy atom. The molecule has 0 saturated carbocycles. The van der Waals surface area contributed by atoms with Crippen molar-refractivity contribution in [2.75, 3.05) is 13.7 Å². The van der Waals surface area contributed by atoms with Gasteiger partial charge in [-0.3, -0.25) is 0 Å². The highest BCUT2D eigenvalue weighted by Crippen LogP contribution is 2.21. The molecule has 2 N–H and O–H groups in total. The van der Waals surface area contributed by atoms with Crippen LogP contribution in [0.2, 0.25) is 0 Å². The van der Waals surface area contributed by atoms with E-state index < -0.39 is 0 Å². The molecule has 0 bridgehead atoms. The average molecular weight is 200 g/mol. The molecule has 1 rings (SSSR count). The molecule has 0 radical (unpaired) electrons. The Labute approximate surface area is 83.0 Å². The van der Waals surface area contributed by atoms with Gasteiger partial charge in [0.15, 0.2) is 0 Å². The summed E-state index contributed by atoms with van der Waals surface area (Å²) in [6, 6.07) is -0.609. The summed E-state index contributed by atoms with van der Waals surface area (Å²) < 4.78 is 10.7. The topological polar surface area (TPSA) is 93.2 Å². The van der Waals surface area contributed by atoms with Crippen LogP contribution >= 0.6 is 0 Å². The molecule has 80 valence electrons. The Bertz CT molecular complexity index is 229. The number of hydrogen-bond acceptors (Lipinski definition) is 4. The first kappa shape index (κ1) is 11.3. The SMILES string of the molecule is CCC1OCC(N)[C@@H](N=[N+]=[N-])[C@H]1OC. The summed E-state index contributed by atoms with van der Waals surface area (Å²) in [5, 5.41) is 3.67. The molecule has 2 unspecified atom stereocenters. The smallest absolute Gasteiger partial charge is 0.0933 e. The second kappa shape index (κ2) is 5.17. The van der Waals surface area contributed by atoms with E-state index in [1.165, 1.54) is 0 Å². The first-order chi connectivity index (χ1) is 6.74. The molecular weight excluding hydrogens is 184 g/mol. The van der Waals surface area contributed by atoms with E-state index in [1.807, 2.05) is 6.92 Å². The third kappa shape index (κ3) is 2.16. The summed E-state index contributed by atoms with van der Waals surface area (Å²) in [5.41, 5.74) is 14.2. The van der Waals surface area contributed by atoms with Crippen LogP contribution in [-0.4, -0.2) is 38.0 Å². The molecule has 0 aromatic carbocycles. The highest BCUT2D eigenvalue weighted by molar-refractivity contribution is 4.94. The van der Waals surface area contributed by atoms with Gasteiger partial charge in [-0.25, -0.2) is 0 Å². The van der Waals surface area contributed by atoms with Gasteiger partial charge in [0.2, 0.25) is 0 Å². The van der Waals surface area contributed by atoms with Gasteiger partial charge in [-0.15, -0.1) is 0 Å². The van der Waals surface area contributed by atoms with E-state index in [1.54, 1.807) is 7.11 Å². The van der Waals surface area contributed by atoms with E-state index in [0.29, 0.717) is 6.61 Å². The van der Waals surface area contributed by atoms with Crippen LogP contribution in [0.25, 0.3) is 10.4 Å². The first-order valence-corrected chi connectivity index (χ1v) is 4.68. The van der Waals surface area contributed by atoms with E-state index in [9.17, 15) is 0 Å². The predicted molar refractivity (Wildman–Crippen MR) is 51.7 cm³/mol. The van der Waals surface area contributed by atoms with Gasteiger partial charge in [-0.05, 0) is 12.0 Å². The van der Waals surface area contributed by atoms with Crippen molar-refractivity contribution in [1.29, 1.82) is 0 Å². The lowest BCUT2D eigenvalue weighted by Crippen LogP contribution is -2.55. The van der Waals surface area contributed by atoms with Crippen molar-refractivity contribution in [3.8, 4) is 0 Å². The Morgan fingerprint density at radius 3 is 2.93 bits per heavy atom. The third-order valence-electron chi connectivity index (χ3n) is 2.50. The van der Waals surface area contributed by atoms with E-state index in [4.69, 9.17) is 20.7 Å². The van der Waals surface area contributed by atoms with Crippen molar-refractivity contribution >= 4 is 0 Å². The third-order valence-corrected chi connectivity index (χ3v) is 2.50. The highest BCUT2D eigenvalue weighted by atomic mass is 16.5. The van der Waals surface area contributed by atoms with Gasteiger partial charge >= 0.3 is 0 Å². The molecule has 14 heavy (non-hydrogen) atoms. The molecule has 1 heterocycles. The monoisotopic (exact) mass is 200 g/mol. The van der Waals surface area contributed by atoms with Crippen molar-refractivity contribution in [2.24, 2.45) is 10.8 Å². The molecule has 1 aliphatic heterocycles. The molecule has 0 aromatic rings. The Kier molecular flexibility index (Phi) is 4.16. The Balaban J connectivity index is 2.78. The summed E-state index contributed by atoms with van der Waals surface area (Å²) in [6.45, 7) is 2.42. The zero-order valence-corrected chi connectivity index (χ0v) is 8.46. The van der Waals surface area contributed by atoms with E-state index >= 15 is 0 Å². The number of nitrogens with two attached hydrogens (primary N) is 1. The number of azide groups is 1. The van der Waals surface area contributed by atoms with E-state index in [2.05, 4.69) is 10.0 Å². The molecule has 1 saturated heterocycles. The number of ether oxygens (including phenoxy) is 2. The van der Waals surface area contributed by atoms with Gasteiger partial charge in [0.1, 0.15) is 0 Å². The maximum Gasteiger partial charge on any atom is 0.0933 e. The molecule has 0 spiro atoms. The maximum absolute atomic E-state index is 8.41. The second-order valence-electron chi connectivity index (χ2n) is 3.34. The van der Waals surface area contributed by atoms with Crippen molar-refractivity contribution < 1.29 is 9.47 Å².